The van der Waals surface area contributed by atoms with Gasteiger partial charge in [-0.15, -0.1) is 5.10 Å². The molecule has 2 N–H and O–H groups in total. The molecular formula is C11H13N7O3. The Bertz CT molecular complexity index is 614. The van der Waals surface area contributed by atoms with Gasteiger partial charge in [0.15, 0.2) is 0 Å². The van der Waals surface area contributed by atoms with Crippen LogP contribution in [0.25, 0.3) is 0 Å². The summed E-state index contributed by atoms with van der Waals surface area (Å²) in [7, 11) is 0. The predicted octanol–water partition coefficient (Wildman–Crippen LogP) is -0.190. The van der Waals surface area contributed by atoms with Crippen LogP contribution in [0.2, 0.25) is 0 Å². The first-order valence-corrected chi connectivity index (χ1v) is 6.11. The molecule has 0 fully saturated rings. The number of tetrazole rings is 1. The zero-order chi connectivity index (χ0) is 15.1. The molecule has 1 aromatic carbocycles. The molecule has 1 heterocycles. The summed E-state index contributed by atoms with van der Waals surface area (Å²) in [5, 5.41) is 26.8. The van der Waals surface area contributed by atoms with Crippen LogP contribution in [0.4, 0.5) is 11.4 Å². The monoisotopic (exact) mass is 291 g/mol. The molecule has 0 spiro atoms. The van der Waals surface area contributed by atoms with Crippen LogP contribution in [-0.4, -0.2) is 44.1 Å². The summed E-state index contributed by atoms with van der Waals surface area (Å²) in [6.07, 6.45) is 1.34. The van der Waals surface area contributed by atoms with Crippen molar-refractivity contribution in [3.8, 4) is 0 Å². The summed E-state index contributed by atoms with van der Waals surface area (Å²) in [6, 6.07) is 6.32. The first kappa shape index (κ1) is 14.4. The van der Waals surface area contributed by atoms with E-state index in [4.69, 9.17) is 0 Å². The molecule has 0 radical (unpaired) electrons. The van der Waals surface area contributed by atoms with Gasteiger partial charge in [-0.2, -0.15) is 0 Å². The molecule has 0 aliphatic heterocycles. The Morgan fingerprint density at radius 3 is 2.86 bits per heavy atom. The molecule has 1 amide bonds. The van der Waals surface area contributed by atoms with Gasteiger partial charge in [-0.3, -0.25) is 14.9 Å². The van der Waals surface area contributed by atoms with Gasteiger partial charge >= 0.3 is 0 Å². The Morgan fingerprint density at radius 1 is 1.33 bits per heavy atom. The average Bonchev–Trinajstić information content (AvgIpc) is 2.96. The van der Waals surface area contributed by atoms with E-state index in [2.05, 4.69) is 26.2 Å². The van der Waals surface area contributed by atoms with E-state index in [1.54, 1.807) is 18.2 Å². The number of nitrogens with zero attached hydrogens (tertiary/aromatic N) is 5. The molecule has 1 aromatic heterocycles. The highest BCUT2D eigenvalue weighted by Crippen LogP contribution is 2.22. The quantitative estimate of drug-likeness (QED) is 0.411. The number of para-hydroxylation sites is 2. The molecule has 0 atom stereocenters. The number of aromatic nitrogens is 4. The Morgan fingerprint density at radius 2 is 2.14 bits per heavy atom. The van der Waals surface area contributed by atoms with Gasteiger partial charge in [-0.05, 0) is 16.5 Å². The van der Waals surface area contributed by atoms with Crippen LogP contribution in [-0.2, 0) is 11.3 Å². The number of carbonyl (C=O) groups excluding carboxylic acids is 1. The van der Waals surface area contributed by atoms with Crippen LogP contribution in [0.5, 0.6) is 0 Å². The lowest BCUT2D eigenvalue weighted by Gasteiger charge is -2.08. The molecule has 21 heavy (non-hydrogen) atoms. The van der Waals surface area contributed by atoms with Crippen LogP contribution in [0.3, 0.4) is 0 Å². The molecule has 110 valence electrons. The van der Waals surface area contributed by atoms with E-state index in [1.165, 1.54) is 17.1 Å². The summed E-state index contributed by atoms with van der Waals surface area (Å²) in [4.78, 5) is 21.9. The lowest BCUT2D eigenvalue weighted by Crippen LogP contribution is -2.31. The molecule has 0 unspecified atom stereocenters. The molecule has 0 saturated heterocycles. The number of rotatable bonds is 7. The highest BCUT2D eigenvalue weighted by Gasteiger charge is 2.11. The van der Waals surface area contributed by atoms with Gasteiger partial charge in [-0.1, -0.05) is 12.1 Å². The second-order valence-corrected chi connectivity index (χ2v) is 4.06. The van der Waals surface area contributed by atoms with Crippen LogP contribution in [0.1, 0.15) is 0 Å². The third-order valence-corrected chi connectivity index (χ3v) is 2.56. The van der Waals surface area contributed by atoms with Crippen molar-refractivity contribution in [3.63, 3.8) is 0 Å². The number of amides is 1. The number of hydrogen-bond acceptors (Lipinski definition) is 7. The Kier molecular flexibility index (Phi) is 4.75. The molecular weight excluding hydrogens is 278 g/mol. The maximum Gasteiger partial charge on any atom is 0.292 e. The van der Waals surface area contributed by atoms with Crippen molar-refractivity contribution < 1.29 is 9.72 Å². The van der Waals surface area contributed by atoms with Crippen molar-refractivity contribution in [2.75, 3.05) is 18.4 Å². The highest BCUT2D eigenvalue weighted by molar-refractivity contribution is 5.75. The molecule has 2 rings (SSSR count). The number of benzene rings is 1. The summed E-state index contributed by atoms with van der Waals surface area (Å²) in [6.45, 7) is 0.720. The van der Waals surface area contributed by atoms with Gasteiger partial charge in [0.05, 0.1) is 4.92 Å². The van der Waals surface area contributed by atoms with E-state index in [1.807, 2.05) is 0 Å². The Balaban J connectivity index is 1.75. The normalized spacial score (nSPS) is 10.1. The fourth-order valence-electron chi connectivity index (χ4n) is 1.64. The van der Waals surface area contributed by atoms with Crippen LogP contribution in [0.15, 0.2) is 30.6 Å². The summed E-state index contributed by atoms with van der Waals surface area (Å²) < 4.78 is 1.30. The molecule has 0 aliphatic carbocycles. The second-order valence-electron chi connectivity index (χ2n) is 4.06. The maximum atomic E-state index is 11.5. The SMILES string of the molecule is O=C(Cn1cnnn1)NCCNc1ccccc1[N+](=O)[O-]. The molecule has 0 bridgehead atoms. The average molecular weight is 291 g/mol. The van der Waals surface area contributed by atoms with Gasteiger partial charge in [-0.25, -0.2) is 4.68 Å². The van der Waals surface area contributed by atoms with Gasteiger partial charge in [0.25, 0.3) is 5.69 Å². The first-order chi connectivity index (χ1) is 10.2. The molecule has 10 heteroatoms. The smallest absolute Gasteiger partial charge is 0.292 e. The number of nitrogens with one attached hydrogen (secondary N) is 2. The van der Waals surface area contributed by atoms with E-state index < -0.39 is 4.92 Å². The standard InChI is InChI=1S/C11H13N7O3/c19-11(7-17-8-14-15-16-17)13-6-5-12-9-3-1-2-4-10(9)18(20)21/h1-4,8,12H,5-7H2,(H,13,19). The third kappa shape index (κ3) is 4.23. The van der Waals surface area contributed by atoms with E-state index in [9.17, 15) is 14.9 Å². The third-order valence-electron chi connectivity index (χ3n) is 2.56. The van der Waals surface area contributed by atoms with Crippen molar-refractivity contribution >= 4 is 17.3 Å². The second kappa shape index (κ2) is 6.93. The first-order valence-electron chi connectivity index (χ1n) is 6.11. The van der Waals surface area contributed by atoms with E-state index >= 15 is 0 Å². The lowest BCUT2D eigenvalue weighted by atomic mass is 10.2. The Hall–Kier alpha value is -3.04. The minimum Gasteiger partial charge on any atom is -0.378 e. The molecule has 0 aliphatic rings. The van der Waals surface area contributed by atoms with Crippen molar-refractivity contribution in [2.45, 2.75) is 6.54 Å². The number of nitro benzene ring substituents is 1. The highest BCUT2D eigenvalue weighted by atomic mass is 16.6. The fourth-order valence-corrected chi connectivity index (χ4v) is 1.64. The van der Waals surface area contributed by atoms with E-state index in [0.29, 0.717) is 18.8 Å². The predicted molar refractivity (Wildman–Crippen MR) is 72.4 cm³/mol. The minimum atomic E-state index is -0.460. The van der Waals surface area contributed by atoms with Gasteiger partial charge in [0.1, 0.15) is 18.6 Å². The molecule has 2 aromatic rings. The molecule has 0 saturated carbocycles. The largest absolute Gasteiger partial charge is 0.378 e. The Labute approximate surface area is 119 Å². The van der Waals surface area contributed by atoms with E-state index in [0.717, 1.165) is 0 Å². The van der Waals surface area contributed by atoms with Crippen LogP contribution in [0, 0.1) is 10.1 Å². The lowest BCUT2D eigenvalue weighted by molar-refractivity contribution is -0.384. The van der Waals surface area contributed by atoms with Gasteiger partial charge < -0.3 is 10.6 Å². The zero-order valence-corrected chi connectivity index (χ0v) is 11.0. The van der Waals surface area contributed by atoms with Crippen molar-refractivity contribution in [3.05, 3.63) is 40.7 Å². The number of nitro groups is 1. The molecule has 10 nitrogen and oxygen atoms in total. The number of carbonyl (C=O) groups is 1. The summed E-state index contributed by atoms with van der Waals surface area (Å²) >= 11 is 0. The maximum absolute atomic E-state index is 11.5. The van der Waals surface area contributed by atoms with Gasteiger partial charge in [0.2, 0.25) is 5.91 Å². The topological polar surface area (TPSA) is 128 Å². The number of anilines is 1. The number of hydrogen-bond donors (Lipinski definition) is 2. The van der Waals surface area contributed by atoms with Crippen molar-refractivity contribution in [2.24, 2.45) is 0 Å². The summed E-state index contributed by atoms with van der Waals surface area (Å²) in [5.41, 5.74) is 0.412. The van der Waals surface area contributed by atoms with Crippen molar-refractivity contribution in [1.82, 2.24) is 25.5 Å². The van der Waals surface area contributed by atoms with Crippen LogP contribution < -0.4 is 10.6 Å². The van der Waals surface area contributed by atoms with Crippen molar-refractivity contribution in [1.29, 1.82) is 0 Å². The van der Waals surface area contributed by atoms with Crippen LogP contribution >= 0.6 is 0 Å². The van der Waals surface area contributed by atoms with E-state index in [-0.39, 0.29) is 18.1 Å². The summed E-state index contributed by atoms with van der Waals surface area (Å²) in [5.74, 6) is -0.244. The van der Waals surface area contributed by atoms with Gasteiger partial charge in [0, 0.05) is 19.2 Å². The fraction of sp³-hybridized carbons (Fsp3) is 0.273. The minimum absolute atomic E-state index is 0.00230. The zero-order valence-electron chi connectivity index (χ0n) is 11.0.